The molecule has 1 atom stereocenters. The van der Waals surface area contributed by atoms with E-state index in [2.05, 4.69) is 14.9 Å². The standard InChI is InChI=1S/C26H27ClN6O5/c1-16-19(27)7-8-20-22(16)31(15-38-25(35)37-4)24(30-20)26(2)10-5-13-32(26)23(34)18-14-17(36-3)6-9-21(18)33-28-11-12-29-33/h6-9,11-12,14H,5,10,13,15H2,1-4H3/t26-/m0/s1. The molecule has 38 heavy (non-hydrogen) atoms. The van der Waals surface area contributed by atoms with Crippen LogP contribution in [-0.4, -0.2) is 62.3 Å². The van der Waals surface area contributed by atoms with Crippen LogP contribution in [0, 0.1) is 6.92 Å². The summed E-state index contributed by atoms with van der Waals surface area (Å²) >= 11 is 6.44. The molecule has 0 bridgehead atoms. The summed E-state index contributed by atoms with van der Waals surface area (Å²) in [5.74, 6) is 0.891. The molecule has 2 aromatic heterocycles. The molecular formula is C26H27ClN6O5. The lowest BCUT2D eigenvalue weighted by molar-refractivity contribution is 0.0418. The predicted octanol–water partition coefficient (Wildman–Crippen LogP) is 4.48. The molecule has 0 N–H and O–H groups in total. The van der Waals surface area contributed by atoms with Crippen molar-refractivity contribution in [1.82, 2.24) is 29.4 Å². The van der Waals surface area contributed by atoms with Crippen molar-refractivity contribution in [3.8, 4) is 11.4 Å². The van der Waals surface area contributed by atoms with Crippen LogP contribution in [-0.2, 0) is 21.7 Å². The van der Waals surface area contributed by atoms with E-state index in [1.165, 1.54) is 11.9 Å². The topological polar surface area (TPSA) is 114 Å². The average Bonchev–Trinajstić information content (AvgIpc) is 3.68. The third-order valence-electron chi connectivity index (χ3n) is 7.01. The fourth-order valence-electron chi connectivity index (χ4n) is 5.08. The molecule has 0 aliphatic carbocycles. The fraction of sp³-hybridized carbons (Fsp3) is 0.346. The summed E-state index contributed by atoms with van der Waals surface area (Å²) in [7, 11) is 2.79. The van der Waals surface area contributed by atoms with E-state index >= 15 is 0 Å². The third-order valence-corrected chi connectivity index (χ3v) is 7.42. The molecule has 12 heteroatoms. The van der Waals surface area contributed by atoms with Gasteiger partial charge >= 0.3 is 6.16 Å². The van der Waals surface area contributed by atoms with Crippen LogP contribution in [0.15, 0.2) is 42.7 Å². The van der Waals surface area contributed by atoms with Crippen molar-refractivity contribution in [2.75, 3.05) is 20.8 Å². The van der Waals surface area contributed by atoms with E-state index in [0.29, 0.717) is 46.3 Å². The molecule has 11 nitrogen and oxygen atoms in total. The number of hydrogen-bond acceptors (Lipinski definition) is 8. The van der Waals surface area contributed by atoms with E-state index in [0.717, 1.165) is 17.5 Å². The SMILES string of the molecule is COC(=O)OCn1c([C@]2(C)CCCN2C(=O)c2cc(OC)ccc2-n2nccn2)nc2ccc(Cl)c(C)c21. The Morgan fingerprint density at radius 1 is 1.13 bits per heavy atom. The first-order valence-electron chi connectivity index (χ1n) is 12.0. The van der Waals surface area contributed by atoms with Gasteiger partial charge in [-0.3, -0.25) is 9.36 Å². The Labute approximate surface area is 223 Å². The van der Waals surface area contributed by atoms with E-state index in [1.807, 2.05) is 19.9 Å². The summed E-state index contributed by atoms with van der Waals surface area (Å²) < 4.78 is 17.2. The average molecular weight is 539 g/mol. The number of nitrogens with zero attached hydrogens (tertiary/aromatic N) is 6. The molecule has 3 heterocycles. The Kier molecular flexibility index (Phi) is 6.70. The summed E-state index contributed by atoms with van der Waals surface area (Å²) in [5, 5.41) is 9.00. The van der Waals surface area contributed by atoms with Gasteiger partial charge in [-0.25, -0.2) is 9.78 Å². The van der Waals surface area contributed by atoms with Crippen molar-refractivity contribution in [2.45, 2.75) is 39.0 Å². The maximum Gasteiger partial charge on any atom is 0.509 e. The van der Waals surface area contributed by atoms with Gasteiger partial charge in [0.25, 0.3) is 5.91 Å². The number of likely N-dealkylation sites (tertiary alicyclic amines) is 1. The van der Waals surface area contributed by atoms with Gasteiger partial charge in [0.15, 0.2) is 6.73 Å². The number of aryl methyl sites for hydroxylation is 1. The Hall–Kier alpha value is -4.12. The van der Waals surface area contributed by atoms with Crippen molar-refractivity contribution in [2.24, 2.45) is 0 Å². The molecule has 1 saturated heterocycles. The molecule has 5 rings (SSSR count). The fourth-order valence-corrected chi connectivity index (χ4v) is 5.23. The molecule has 0 radical (unpaired) electrons. The largest absolute Gasteiger partial charge is 0.509 e. The minimum Gasteiger partial charge on any atom is -0.497 e. The minimum atomic E-state index is -0.827. The first-order chi connectivity index (χ1) is 18.3. The second-order valence-corrected chi connectivity index (χ2v) is 9.57. The summed E-state index contributed by atoms with van der Waals surface area (Å²) in [6, 6.07) is 8.80. The number of aromatic nitrogens is 5. The molecule has 2 aromatic carbocycles. The quantitative estimate of drug-likeness (QED) is 0.330. The van der Waals surface area contributed by atoms with Gasteiger partial charge in [0, 0.05) is 11.6 Å². The van der Waals surface area contributed by atoms with E-state index in [1.54, 1.807) is 53.2 Å². The highest BCUT2D eigenvalue weighted by atomic mass is 35.5. The van der Waals surface area contributed by atoms with E-state index in [4.69, 9.17) is 26.1 Å². The second kappa shape index (κ2) is 9.97. The van der Waals surface area contributed by atoms with Gasteiger partial charge in [-0.05, 0) is 62.6 Å². The maximum absolute atomic E-state index is 14.2. The first-order valence-corrected chi connectivity index (χ1v) is 12.4. The zero-order valence-electron chi connectivity index (χ0n) is 21.5. The molecule has 0 unspecified atom stereocenters. The van der Waals surface area contributed by atoms with Crippen LogP contribution in [0.3, 0.4) is 0 Å². The van der Waals surface area contributed by atoms with Crippen LogP contribution in [0.1, 0.15) is 41.5 Å². The lowest BCUT2D eigenvalue weighted by Gasteiger charge is -2.35. The zero-order valence-corrected chi connectivity index (χ0v) is 22.2. The van der Waals surface area contributed by atoms with Crippen LogP contribution >= 0.6 is 11.6 Å². The normalized spacial score (nSPS) is 17.1. The molecular weight excluding hydrogens is 512 g/mol. The Morgan fingerprint density at radius 2 is 1.89 bits per heavy atom. The molecule has 1 amide bonds. The molecule has 198 valence electrons. The number of halogens is 1. The zero-order chi connectivity index (χ0) is 27.0. The van der Waals surface area contributed by atoms with Crippen LogP contribution in [0.2, 0.25) is 5.02 Å². The second-order valence-electron chi connectivity index (χ2n) is 9.17. The van der Waals surface area contributed by atoms with Crippen LogP contribution < -0.4 is 4.74 Å². The molecule has 0 spiro atoms. The van der Waals surface area contributed by atoms with Crippen molar-refractivity contribution in [3.05, 3.63) is 64.7 Å². The number of fused-ring (bicyclic) bond motifs is 1. The number of methoxy groups -OCH3 is 2. The lowest BCUT2D eigenvalue weighted by atomic mass is 9.96. The number of ether oxygens (including phenoxy) is 3. The summed E-state index contributed by atoms with van der Waals surface area (Å²) in [6.07, 6.45) is 3.68. The van der Waals surface area contributed by atoms with Gasteiger partial charge in [-0.2, -0.15) is 15.0 Å². The highest BCUT2D eigenvalue weighted by Crippen LogP contribution is 2.42. The number of benzene rings is 2. The van der Waals surface area contributed by atoms with Gasteiger partial charge in [0.05, 0.1) is 54.4 Å². The molecule has 1 fully saturated rings. The number of carbonyl (C=O) groups is 2. The van der Waals surface area contributed by atoms with E-state index in [9.17, 15) is 9.59 Å². The smallest absolute Gasteiger partial charge is 0.497 e. The van der Waals surface area contributed by atoms with Gasteiger partial charge in [0.2, 0.25) is 0 Å². The van der Waals surface area contributed by atoms with Gasteiger partial charge in [-0.15, -0.1) is 0 Å². The molecule has 1 aliphatic rings. The van der Waals surface area contributed by atoms with Crippen LogP contribution in [0.25, 0.3) is 16.7 Å². The molecule has 4 aromatic rings. The molecule has 1 aliphatic heterocycles. The van der Waals surface area contributed by atoms with E-state index in [-0.39, 0.29) is 12.6 Å². The third kappa shape index (κ3) is 4.22. The Bertz CT molecular complexity index is 1520. The Morgan fingerprint density at radius 3 is 2.61 bits per heavy atom. The van der Waals surface area contributed by atoms with Crippen LogP contribution in [0.5, 0.6) is 5.75 Å². The summed E-state index contributed by atoms with van der Waals surface area (Å²) in [5.41, 5.74) is 2.28. The van der Waals surface area contributed by atoms with Crippen molar-refractivity contribution in [3.63, 3.8) is 0 Å². The molecule has 0 saturated carbocycles. The summed E-state index contributed by atoms with van der Waals surface area (Å²) in [4.78, 5) is 34.2. The van der Waals surface area contributed by atoms with Crippen LogP contribution in [0.4, 0.5) is 4.79 Å². The first kappa shape index (κ1) is 25.5. The summed E-state index contributed by atoms with van der Waals surface area (Å²) in [6.45, 7) is 4.19. The monoisotopic (exact) mass is 538 g/mol. The van der Waals surface area contributed by atoms with Gasteiger partial charge in [-0.1, -0.05) is 11.6 Å². The number of rotatable bonds is 6. The number of amides is 1. The van der Waals surface area contributed by atoms with Crippen molar-refractivity contribution < 1.29 is 23.8 Å². The predicted molar refractivity (Wildman–Crippen MR) is 139 cm³/mol. The van der Waals surface area contributed by atoms with Gasteiger partial charge in [0.1, 0.15) is 11.6 Å². The minimum absolute atomic E-state index is 0.154. The number of hydrogen-bond donors (Lipinski definition) is 0. The lowest BCUT2D eigenvalue weighted by Crippen LogP contribution is -2.45. The number of carbonyl (C=O) groups excluding carboxylic acids is 2. The highest BCUT2D eigenvalue weighted by Gasteiger charge is 2.46. The van der Waals surface area contributed by atoms with E-state index < -0.39 is 11.7 Å². The highest BCUT2D eigenvalue weighted by molar-refractivity contribution is 6.32. The van der Waals surface area contributed by atoms with Crippen molar-refractivity contribution in [1.29, 1.82) is 0 Å². The Balaban J connectivity index is 1.64. The van der Waals surface area contributed by atoms with Gasteiger partial charge < -0.3 is 19.1 Å². The van der Waals surface area contributed by atoms with Crippen molar-refractivity contribution >= 4 is 34.7 Å². The maximum atomic E-state index is 14.2. The number of imidazole rings is 1.